The number of halogens is 3. The van der Waals surface area contributed by atoms with Gasteiger partial charge in [0.15, 0.2) is 5.78 Å². The van der Waals surface area contributed by atoms with E-state index in [9.17, 15) is 38.1 Å². The van der Waals surface area contributed by atoms with Gasteiger partial charge in [0.05, 0.1) is 17.8 Å². The van der Waals surface area contributed by atoms with Crippen molar-refractivity contribution in [2.75, 3.05) is 6.61 Å². The minimum Gasteiger partial charge on any atom is -0.456 e. The maximum Gasteiger partial charge on any atom is 0.416 e. The van der Waals surface area contributed by atoms with Crippen LogP contribution in [0.5, 0.6) is 0 Å². The molecule has 3 N–H and O–H groups in total. The summed E-state index contributed by atoms with van der Waals surface area (Å²) in [6.07, 6.45) is 1.49. The summed E-state index contributed by atoms with van der Waals surface area (Å²) in [5, 5.41) is 34.0. The van der Waals surface area contributed by atoms with Crippen LogP contribution < -0.4 is 0 Å². The van der Waals surface area contributed by atoms with Crippen molar-refractivity contribution in [3.05, 3.63) is 64.8 Å². The summed E-state index contributed by atoms with van der Waals surface area (Å²) in [7, 11) is 0. The number of fused-ring (bicyclic) bond motifs is 3. The van der Waals surface area contributed by atoms with Crippen LogP contribution in [0.4, 0.5) is 13.2 Å². The Morgan fingerprint density at radius 1 is 1.10 bits per heavy atom. The lowest BCUT2D eigenvalue weighted by molar-refractivity contribution is -0.243. The monoisotopic (exact) mass is 548 g/mol. The highest BCUT2D eigenvalue weighted by Gasteiger charge is 2.69. The molecule has 1 aromatic rings. The Hall–Kier alpha value is -2.75. The number of aliphatic hydroxyl groups excluding tert-OH is 1. The normalized spacial score (nSPS) is 36.1. The number of ether oxygens (including phenoxy) is 1. The Morgan fingerprint density at radius 2 is 1.72 bits per heavy atom. The molecule has 0 spiro atoms. The topological polar surface area (TPSA) is 104 Å². The Labute approximate surface area is 225 Å². The average Bonchev–Trinajstić information content (AvgIpc) is 3.00. The van der Waals surface area contributed by atoms with Crippen LogP contribution in [0, 0.1) is 23.2 Å². The summed E-state index contributed by atoms with van der Waals surface area (Å²) < 4.78 is 44.5. The van der Waals surface area contributed by atoms with Crippen molar-refractivity contribution in [3.63, 3.8) is 0 Å². The van der Waals surface area contributed by atoms with Crippen molar-refractivity contribution in [3.8, 4) is 0 Å². The van der Waals surface area contributed by atoms with Gasteiger partial charge in [0.25, 0.3) is 0 Å². The highest BCUT2D eigenvalue weighted by atomic mass is 19.4. The van der Waals surface area contributed by atoms with Crippen LogP contribution in [0.1, 0.15) is 58.6 Å². The lowest BCUT2D eigenvalue weighted by Gasteiger charge is -2.61. The van der Waals surface area contributed by atoms with Crippen molar-refractivity contribution >= 4 is 17.8 Å². The molecule has 0 heterocycles. The van der Waals surface area contributed by atoms with Gasteiger partial charge in [-0.3, -0.25) is 4.79 Å². The summed E-state index contributed by atoms with van der Waals surface area (Å²) in [6, 6.07) is 4.38. The molecule has 3 aliphatic rings. The highest BCUT2D eigenvalue weighted by Crippen LogP contribution is 2.63. The molecule has 0 bridgehead atoms. The number of alkyl halides is 3. The molecule has 1 saturated carbocycles. The number of rotatable bonds is 4. The van der Waals surface area contributed by atoms with E-state index < -0.39 is 70.1 Å². The fourth-order valence-electron chi connectivity index (χ4n) is 6.84. The maximum absolute atomic E-state index is 13.0. The van der Waals surface area contributed by atoms with Gasteiger partial charge in [0.1, 0.15) is 11.2 Å². The third-order valence-corrected chi connectivity index (χ3v) is 9.38. The number of Topliss-reactive ketones (excluding diaryl/α,β-unsaturated/α-hetero) is 1. The van der Waals surface area contributed by atoms with Gasteiger partial charge >= 0.3 is 12.1 Å². The van der Waals surface area contributed by atoms with E-state index >= 15 is 0 Å². The summed E-state index contributed by atoms with van der Waals surface area (Å²) in [5.41, 5.74) is -5.14. The van der Waals surface area contributed by atoms with E-state index in [0.717, 1.165) is 18.2 Å². The fourth-order valence-corrected chi connectivity index (χ4v) is 6.84. The maximum atomic E-state index is 13.0. The van der Waals surface area contributed by atoms with Crippen LogP contribution in [-0.2, 0) is 20.5 Å². The summed E-state index contributed by atoms with van der Waals surface area (Å²) >= 11 is 0. The van der Waals surface area contributed by atoms with Crippen molar-refractivity contribution in [2.45, 2.75) is 70.4 Å². The van der Waals surface area contributed by atoms with Gasteiger partial charge in [0, 0.05) is 29.7 Å². The second-order valence-corrected chi connectivity index (χ2v) is 12.0. The van der Waals surface area contributed by atoms with Gasteiger partial charge < -0.3 is 20.1 Å². The highest BCUT2D eigenvalue weighted by molar-refractivity contribution is 6.04. The van der Waals surface area contributed by atoms with Gasteiger partial charge in [-0.05, 0) is 61.1 Å². The zero-order chi connectivity index (χ0) is 29.2. The molecular formula is C30H35F3O6. The Morgan fingerprint density at radius 3 is 2.28 bits per heavy atom. The van der Waals surface area contributed by atoms with Crippen molar-refractivity contribution in [2.24, 2.45) is 23.2 Å². The largest absolute Gasteiger partial charge is 0.456 e. The van der Waals surface area contributed by atoms with Crippen LogP contribution in [0.25, 0.3) is 6.08 Å². The summed E-state index contributed by atoms with van der Waals surface area (Å²) in [5.74, 6) is -3.34. The molecule has 0 aliphatic heterocycles. The third-order valence-electron chi connectivity index (χ3n) is 9.38. The minimum absolute atomic E-state index is 0.116. The minimum atomic E-state index is -4.46. The second-order valence-electron chi connectivity index (χ2n) is 12.0. The quantitative estimate of drug-likeness (QED) is 0.288. The Balaban J connectivity index is 1.65. The van der Waals surface area contributed by atoms with Crippen LogP contribution in [0.3, 0.4) is 0 Å². The molecule has 212 valence electrons. The van der Waals surface area contributed by atoms with Gasteiger partial charge in [-0.15, -0.1) is 0 Å². The molecule has 0 radical (unpaired) electrons. The Kier molecular flexibility index (Phi) is 7.06. The van der Waals surface area contributed by atoms with Crippen LogP contribution in [0.2, 0.25) is 0 Å². The molecule has 0 aromatic heterocycles. The van der Waals surface area contributed by atoms with Crippen LogP contribution >= 0.6 is 0 Å². The van der Waals surface area contributed by atoms with E-state index in [1.54, 1.807) is 32.9 Å². The molecule has 0 unspecified atom stereocenters. The molecule has 6 atom stereocenters. The lowest BCUT2D eigenvalue weighted by atomic mass is 9.48. The van der Waals surface area contributed by atoms with E-state index in [1.807, 2.05) is 13.8 Å². The van der Waals surface area contributed by atoms with Crippen molar-refractivity contribution in [1.82, 2.24) is 0 Å². The third kappa shape index (κ3) is 4.58. The van der Waals surface area contributed by atoms with Crippen molar-refractivity contribution in [1.29, 1.82) is 0 Å². The van der Waals surface area contributed by atoms with E-state index in [0.29, 0.717) is 16.7 Å². The molecule has 0 amide bonds. The number of hydrogen-bond acceptors (Lipinski definition) is 6. The van der Waals surface area contributed by atoms with E-state index in [4.69, 9.17) is 4.74 Å². The van der Waals surface area contributed by atoms with E-state index in [2.05, 4.69) is 0 Å². The number of carbonyl (C=O) groups excluding carboxylic acids is 2. The number of hydrogen-bond donors (Lipinski definition) is 3. The second kappa shape index (κ2) is 9.42. The molecule has 6 nitrogen and oxygen atoms in total. The first-order valence-electron chi connectivity index (χ1n) is 13.0. The number of benzene rings is 1. The zero-order valence-electron chi connectivity index (χ0n) is 22.7. The molecule has 3 aliphatic carbocycles. The smallest absolute Gasteiger partial charge is 0.416 e. The van der Waals surface area contributed by atoms with Crippen molar-refractivity contribution < 1.29 is 42.8 Å². The number of carbonyl (C=O) groups is 2. The molecule has 39 heavy (non-hydrogen) atoms. The van der Waals surface area contributed by atoms with Gasteiger partial charge in [-0.2, -0.15) is 13.2 Å². The predicted molar refractivity (Wildman–Crippen MR) is 138 cm³/mol. The first-order chi connectivity index (χ1) is 17.9. The summed E-state index contributed by atoms with van der Waals surface area (Å²) in [6.45, 7) is 8.41. The van der Waals surface area contributed by atoms with Gasteiger partial charge in [-0.1, -0.05) is 45.1 Å². The first kappa shape index (κ1) is 29.2. The van der Waals surface area contributed by atoms with Crippen LogP contribution in [0.15, 0.2) is 53.6 Å². The standard InChI is InChI=1S/C30H35F3O6/c1-17-12-23-28(37,25(17)36)15-20(16-34)13-22-26(3,4)27(5,14-18(2)29(22,23)38)39-24(35)11-8-19-6-9-21(10-7-19)30(31,32)33/h6-13,18,22-23,34,37-38H,14-16H2,1-5H3/b11-8+/t18-,22+,23-,27-,28-,29-/m1/s1. The molecule has 9 heteroatoms. The molecular weight excluding hydrogens is 513 g/mol. The average molecular weight is 549 g/mol. The lowest BCUT2D eigenvalue weighted by Crippen LogP contribution is -2.68. The first-order valence-corrected chi connectivity index (χ1v) is 13.0. The molecule has 1 aromatic carbocycles. The molecule has 1 fully saturated rings. The van der Waals surface area contributed by atoms with E-state index in [-0.39, 0.29) is 12.8 Å². The summed E-state index contributed by atoms with van der Waals surface area (Å²) in [4.78, 5) is 26.0. The van der Waals surface area contributed by atoms with Crippen LogP contribution in [-0.4, -0.2) is 50.5 Å². The number of esters is 1. The fraction of sp³-hybridized carbons (Fsp3) is 0.533. The number of ketones is 1. The Bertz CT molecular complexity index is 1260. The van der Waals surface area contributed by atoms with Gasteiger partial charge in [0.2, 0.25) is 0 Å². The zero-order valence-corrected chi connectivity index (χ0v) is 22.7. The predicted octanol–water partition coefficient (Wildman–Crippen LogP) is 4.63. The van der Waals surface area contributed by atoms with E-state index in [1.165, 1.54) is 18.2 Å². The molecule has 4 rings (SSSR count). The molecule has 0 saturated heterocycles. The number of aliphatic hydroxyl groups is 3. The SMILES string of the molecule is CC1=C[C@H]2[C@@]3(O)[C@H](C)C[C@@](C)(OC(=O)/C=C/c4ccc(C(F)(F)F)cc4)C(C)(C)[C@@H]3C=C(CO)C[C@]2(O)C1=O. The van der Waals surface area contributed by atoms with Gasteiger partial charge in [-0.25, -0.2) is 4.79 Å².